The van der Waals surface area contributed by atoms with Crippen molar-refractivity contribution < 1.29 is 9.53 Å². The molecule has 0 saturated carbocycles. The number of rotatable bonds is 5. The minimum absolute atomic E-state index is 0.0474. The molecule has 2 aromatic carbocycles. The van der Waals surface area contributed by atoms with Crippen LogP contribution >= 0.6 is 11.6 Å². The lowest BCUT2D eigenvalue weighted by Gasteiger charge is -2.07. The molecule has 0 aliphatic carbocycles. The molecule has 20 heavy (non-hydrogen) atoms. The van der Waals surface area contributed by atoms with Crippen molar-refractivity contribution >= 4 is 17.4 Å². The summed E-state index contributed by atoms with van der Waals surface area (Å²) in [5, 5.41) is 0.606. The molecular formula is C17H17ClO2. The quantitative estimate of drug-likeness (QED) is 0.748. The summed E-state index contributed by atoms with van der Waals surface area (Å²) in [5.74, 6) is 0.671. The number of halogens is 1. The zero-order chi connectivity index (χ0) is 14.5. The van der Waals surface area contributed by atoms with Crippen molar-refractivity contribution in [2.24, 2.45) is 0 Å². The fourth-order valence-corrected chi connectivity index (χ4v) is 2.03. The molecule has 0 saturated heterocycles. The first-order valence-corrected chi connectivity index (χ1v) is 7.03. The molecule has 0 aliphatic heterocycles. The number of ether oxygens (including phenoxy) is 1. The molecule has 0 N–H and O–H groups in total. The van der Waals surface area contributed by atoms with E-state index in [0.717, 1.165) is 17.7 Å². The number of hydrogen-bond acceptors (Lipinski definition) is 2. The Kier molecular flexibility index (Phi) is 4.80. The summed E-state index contributed by atoms with van der Waals surface area (Å²) in [7, 11) is 0. The van der Waals surface area contributed by atoms with Gasteiger partial charge in [0.25, 0.3) is 0 Å². The van der Waals surface area contributed by atoms with E-state index < -0.39 is 0 Å². The summed E-state index contributed by atoms with van der Waals surface area (Å²) >= 11 is 6.07. The van der Waals surface area contributed by atoms with Crippen LogP contribution < -0.4 is 4.74 Å². The summed E-state index contributed by atoms with van der Waals surface area (Å²) in [5.41, 5.74) is 2.16. The fourth-order valence-electron chi connectivity index (χ4n) is 1.85. The van der Waals surface area contributed by atoms with Gasteiger partial charge in [0.2, 0.25) is 0 Å². The molecule has 0 unspecified atom stereocenters. The highest BCUT2D eigenvalue weighted by molar-refractivity contribution is 6.31. The summed E-state index contributed by atoms with van der Waals surface area (Å²) < 4.78 is 5.55. The molecule has 104 valence electrons. The molecule has 0 spiro atoms. The van der Waals surface area contributed by atoms with Crippen LogP contribution in [0.3, 0.4) is 0 Å². The molecule has 2 aromatic rings. The third-order valence-corrected chi connectivity index (χ3v) is 3.41. The van der Waals surface area contributed by atoms with Crippen LogP contribution in [0.4, 0.5) is 0 Å². The predicted molar refractivity (Wildman–Crippen MR) is 81.8 cm³/mol. The van der Waals surface area contributed by atoms with E-state index in [1.54, 1.807) is 24.3 Å². The molecule has 0 aromatic heterocycles. The molecule has 3 heteroatoms. The van der Waals surface area contributed by atoms with Crippen molar-refractivity contribution in [2.45, 2.75) is 20.3 Å². The molecule has 0 aliphatic rings. The lowest BCUT2D eigenvalue weighted by Crippen LogP contribution is -2.03. The minimum atomic E-state index is -0.0474. The van der Waals surface area contributed by atoms with E-state index in [1.807, 2.05) is 32.0 Å². The zero-order valence-electron chi connectivity index (χ0n) is 11.7. The summed E-state index contributed by atoms with van der Waals surface area (Å²) in [6.45, 7) is 4.60. The fraction of sp³-hybridized carbons (Fsp3) is 0.235. The van der Waals surface area contributed by atoms with Crippen molar-refractivity contribution in [3.05, 3.63) is 64.2 Å². The normalized spacial score (nSPS) is 10.3. The van der Waals surface area contributed by atoms with Gasteiger partial charge in [-0.15, -0.1) is 0 Å². The lowest BCUT2D eigenvalue weighted by atomic mass is 10.0. The van der Waals surface area contributed by atoms with Gasteiger partial charge in [0, 0.05) is 16.1 Å². The molecule has 2 nitrogen and oxygen atoms in total. The zero-order valence-corrected chi connectivity index (χ0v) is 12.4. The first-order valence-electron chi connectivity index (χ1n) is 6.65. The van der Waals surface area contributed by atoms with Crippen LogP contribution in [0.15, 0.2) is 42.5 Å². The van der Waals surface area contributed by atoms with Gasteiger partial charge in [-0.25, -0.2) is 0 Å². The van der Waals surface area contributed by atoms with Crippen LogP contribution in [0.1, 0.15) is 34.8 Å². The topological polar surface area (TPSA) is 26.3 Å². The lowest BCUT2D eigenvalue weighted by molar-refractivity contribution is 0.103. The average molecular weight is 289 g/mol. The van der Waals surface area contributed by atoms with Crippen LogP contribution in [0.25, 0.3) is 0 Å². The van der Waals surface area contributed by atoms with Gasteiger partial charge < -0.3 is 4.74 Å². The molecule has 0 heterocycles. The van der Waals surface area contributed by atoms with Crippen molar-refractivity contribution in [3.63, 3.8) is 0 Å². The standard InChI is InChI=1S/C17H17ClO2/c1-3-9-20-15-6-4-5-13(10-15)17(19)14-8-7-12(2)16(18)11-14/h4-8,10-11H,3,9H2,1-2H3. The third kappa shape index (κ3) is 3.40. The van der Waals surface area contributed by atoms with E-state index in [-0.39, 0.29) is 5.78 Å². The summed E-state index contributed by atoms with van der Waals surface area (Å²) in [6, 6.07) is 12.6. The van der Waals surface area contributed by atoms with Crippen LogP contribution in [0.5, 0.6) is 5.75 Å². The van der Waals surface area contributed by atoms with Crippen LogP contribution in [0.2, 0.25) is 5.02 Å². The predicted octanol–water partition coefficient (Wildman–Crippen LogP) is 4.67. The molecule has 0 radical (unpaired) electrons. The van der Waals surface area contributed by atoms with Crippen LogP contribution in [-0.2, 0) is 0 Å². The molecule has 2 rings (SSSR count). The summed E-state index contributed by atoms with van der Waals surface area (Å²) in [6.07, 6.45) is 0.936. The Morgan fingerprint density at radius 2 is 1.90 bits per heavy atom. The van der Waals surface area contributed by atoms with E-state index in [2.05, 4.69) is 0 Å². The SMILES string of the molecule is CCCOc1cccc(C(=O)c2ccc(C)c(Cl)c2)c1. The molecule has 0 bridgehead atoms. The Hall–Kier alpha value is -1.80. The van der Waals surface area contributed by atoms with Crippen molar-refractivity contribution in [1.29, 1.82) is 0 Å². The van der Waals surface area contributed by atoms with Gasteiger partial charge >= 0.3 is 0 Å². The minimum Gasteiger partial charge on any atom is -0.494 e. The third-order valence-electron chi connectivity index (χ3n) is 3.00. The highest BCUT2D eigenvalue weighted by Gasteiger charge is 2.11. The van der Waals surface area contributed by atoms with Crippen molar-refractivity contribution in [1.82, 2.24) is 0 Å². The van der Waals surface area contributed by atoms with Crippen LogP contribution in [-0.4, -0.2) is 12.4 Å². The van der Waals surface area contributed by atoms with Crippen molar-refractivity contribution in [3.8, 4) is 5.75 Å². The Labute approximate surface area is 124 Å². The maximum Gasteiger partial charge on any atom is 0.193 e. The van der Waals surface area contributed by atoms with Crippen LogP contribution in [0, 0.1) is 6.92 Å². The summed E-state index contributed by atoms with van der Waals surface area (Å²) in [4.78, 5) is 12.4. The maximum atomic E-state index is 12.4. The average Bonchev–Trinajstić information content (AvgIpc) is 2.47. The van der Waals surface area contributed by atoms with Gasteiger partial charge in [-0.2, -0.15) is 0 Å². The van der Waals surface area contributed by atoms with E-state index in [1.165, 1.54) is 0 Å². The van der Waals surface area contributed by atoms with E-state index in [0.29, 0.717) is 22.8 Å². The maximum absolute atomic E-state index is 12.4. The van der Waals surface area contributed by atoms with E-state index in [4.69, 9.17) is 16.3 Å². The van der Waals surface area contributed by atoms with Gasteiger partial charge in [-0.1, -0.05) is 42.8 Å². The van der Waals surface area contributed by atoms with Crippen molar-refractivity contribution in [2.75, 3.05) is 6.61 Å². The van der Waals surface area contributed by atoms with Gasteiger partial charge in [0.1, 0.15) is 5.75 Å². The Morgan fingerprint density at radius 1 is 1.15 bits per heavy atom. The highest BCUT2D eigenvalue weighted by Crippen LogP contribution is 2.21. The van der Waals surface area contributed by atoms with E-state index in [9.17, 15) is 4.79 Å². The van der Waals surface area contributed by atoms with Gasteiger partial charge in [0.05, 0.1) is 6.61 Å². The number of carbonyl (C=O) groups excluding carboxylic acids is 1. The number of benzene rings is 2. The van der Waals surface area contributed by atoms with Gasteiger partial charge in [-0.3, -0.25) is 4.79 Å². The largest absolute Gasteiger partial charge is 0.494 e. The Balaban J connectivity index is 2.26. The first kappa shape index (κ1) is 14.6. The second-order valence-corrected chi connectivity index (χ2v) is 5.08. The van der Waals surface area contributed by atoms with Gasteiger partial charge in [-0.05, 0) is 37.1 Å². The number of carbonyl (C=O) groups is 1. The number of ketones is 1. The molecule has 0 fully saturated rings. The van der Waals surface area contributed by atoms with E-state index >= 15 is 0 Å². The number of aryl methyl sites for hydroxylation is 1. The number of hydrogen-bond donors (Lipinski definition) is 0. The monoisotopic (exact) mass is 288 g/mol. The molecular weight excluding hydrogens is 272 g/mol. The smallest absolute Gasteiger partial charge is 0.193 e. The molecule has 0 atom stereocenters. The highest BCUT2D eigenvalue weighted by atomic mass is 35.5. The second kappa shape index (κ2) is 6.58. The second-order valence-electron chi connectivity index (χ2n) is 4.67. The first-order chi connectivity index (χ1) is 9.61. The Morgan fingerprint density at radius 3 is 2.60 bits per heavy atom. The van der Waals surface area contributed by atoms with Gasteiger partial charge in [0.15, 0.2) is 5.78 Å². The molecule has 0 amide bonds. The Bertz CT molecular complexity index is 620.